The molecule has 0 spiro atoms. The van der Waals surface area contributed by atoms with Crippen LogP contribution in [-0.2, 0) is 11.3 Å². The van der Waals surface area contributed by atoms with Gasteiger partial charge in [-0.3, -0.25) is 4.98 Å². The Labute approximate surface area is 209 Å². The molecule has 0 atom stereocenters. The standard InChI is InChI=1S/C28H25N7O/c1-2-10-31-22(6-1)18-32-28-26-24(20-5-3-7-23(15-20)35-11-13-36-14-12-35)8-4-9-25(26)33-27(34-28)21-16-29-19-30-17-21/h1-10,15-17,19H,11-14,18H2,(H,32,33,34). The number of morpholine rings is 1. The normalized spacial score (nSPS) is 13.6. The zero-order chi connectivity index (χ0) is 24.2. The summed E-state index contributed by atoms with van der Waals surface area (Å²) >= 11 is 0. The van der Waals surface area contributed by atoms with Gasteiger partial charge in [0.2, 0.25) is 0 Å². The predicted octanol–water partition coefficient (Wildman–Crippen LogP) is 4.60. The zero-order valence-corrected chi connectivity index (χ0v) is 19.7. The van der Waals surface area contributed by atoms with E-state index in [0.717, 1.165) is 65.4 Å². The Kier molecular flexibility index (Phi) is 6.16. The van der Waals surface area contributed by atoms with Crippen molar-refractivity contribution in [3.63, 3.8) is 0 Å². The maximum Gasteiger partial charge on any atom is 0.165 e. The molecule has 8 heteroatoms. The van der Waals surface area contributed by atoms with E-state index in [1.807, 2.05) is 30.3 Å². The van der Waals surface area contributed by atoms with Crippen LogP contribution in [0.4, 0.5) is 11.5 Å². The number of hydrogen-bond acceptors (Lipinski definition) is 8. The first-order valence-electron chi connectivity index (χ1n) is 12.0. The molecule has 6 rings (SSSR count). The van der Waals surface area contributed by atoms with Gasteiger partial charge in [0.1, 0.15) is 12.1 Å². The van der Waals surface area contributed by atoms with Crippen molar-refractivity contribution in [3.05, 3.63) is 91.3 Å². The summed E-state index contributed by atoms with van der Waals surface area (Å²) in [5.41, 5.74) is 5.92. The van der Waals surface area contributed by atoms with Crippen molar-refractivity contribution in [1.29, 1.82) is 0 Å². The fourth-order valence-corrected chi connectivity index (χ4v) is 4.46. The van der Waals surface area contributed by atoms with Gasteiger partial charge < -0.3 is 15.0 Å². The Morgan fingerprint density at radius 3 is 2.56 bits per heavy atom. The van der Waals surface area contributed by atoms with Gasteiger partial charge in [-0.05, 0) is 41.5 Å². The second kappa shape index (κ2) is 10.1. The maximum absolute atomic E-state index is 5.54. The van der Waals surface area contributed by atoms with E-state index < -0.39 is 0 Å². The molecule has 8 nitrogen and oxygen atoms in total. The van der Waals surface area contributed by atoms with Crippen LogP contribution in [-0.4, -0.2) is 51.2 Å². The van der Waals surface area contributed by atoms with Crippen molar-refractivity contribution in [1.82, 2.24) is 24.9 Å². The van der Waals surface area contributed by atoms with Crippen LogP contribution in [0.2, 0.25) is 0 Å². The zero-order valence-electron chi connectivity index (χ0n) is 19.7. The van der Waals surface area contributed by atoms with Crippen LogP contribution in [0, 0.1) is 0 Å². The van der Waals surface area contributed by atoms with E-state index >= 15 is 0 Å². The van der Waals surface area contributed by atoms with Gasteiger partial charge in [0.05, 0.1) is 41.9 Å². The lowest BCUT2D eigenvalue weighted by molar-refractivity contribution is 0.122. The predicted molar refractivity (Wildman–Crippen MR) is 141 cm³/mol. The van der Waals surface area contributed by atoms with Gasteiger partial charge in [-0.25, -0.2) is 19.9 Å². The van der Waals surface area contributed by atoms with Crippen LogP contribution in [0.1, 0.15) is 5.69 Å². The summed E-state index contributed by atoms with van der Waals surface area (Å²) < 4.78 is 5.54. The number of nitrogens with one attached hydrogen (secondary N) is 1. The largest absolute Gasteiger partial charge is 0.378 e. The Morgan fingerprint density at radius 2 is 1.72 bits per heavy atom. The number of hydrogen-bond donors (Lipinski definition) is 1. The summed E-state index contributed by atoms with van der Waals surface area (Å²) in [7, 11) is 0. The van der Waals surface area contributed by atoms with Crippen molar-refractivity contribution in [2.75, 3.05) is 36.5 Å². The van der Waals surface area contributed by atoms with Crippen molar-refractivity contribution in [2.45, 2.75) is 6.54 Å². The lowest BCUT2D eigenvalue weighted by Gasteiger charge is -2.29. The van der Waals surface area contributed by atoms with Gasteiger partial charge in [0.25, 0.3) is 0 Å². The minimum atomic E-state index is 0.542. The second-order valence-corrected chi connectivity index (χ2v) is 8.55. The molecule has 0 amide bonds. The highest BCUT2D eigenvalue weighted by Gasteiger charge is 2.17. The Morgan fingerprint density at radius 1 is 0.861 bits per heavy atom. The third kappa shape index (κ3) is 4.58. The molecule has 0 saturated carbocycles. The monoisotopic (exact) mass is 475 g/mol. The molecule has 4 heterocycles. The van der Waals surface area contributed by atoms with Gasteiger partial charge in [0.15, 0.2) is 5.82 Å². The summed E-state index contributed by atoms with van der Waals surface area (Å²) in [5, 5.41) is 4.49. The number of fused-ring (bicyclic) bond motifs is 1. The highest BCUT2D eigenvalue weighted by Crippen LogP contribution is 2.35. The van der Waals surface area contributed by atoms with E-state index in [1.54, 1.807) is 18.6 Å². The Hall–Kier alpha value is -4.43. The molecule has 0 unspecified atom stereocenters. The maximum atomic E-state index is 5.54. The average Bonchev–Trinajstić information content (AvgIpc) is 2.97. The molecule has 1 saturated heterocycles. The van der Waals surface area contributed by atoms with Crippen LogP contribution in [0.5, 0.6) is 0 Å². The van der Waals surface area contributed by atoms with Gasteiger partial charge in [0, 0.05) is 37.4 Å². The molecule has 5 aromatic rings. The second-order valence-electron chi connectivity index (χ2n) is 8.55. The minimum absolute atomic E-state index is 0.542. The van der Waals surface area contributed by atoms with Gasteiger partial charge in [-0.2, -0.15) is 0 Å². The van der Waals surface area contributed by atoms with Crippen LogP contribution in [0.25, 0.3) is 33.4 Å². The van der Waals surface area contributed by atoms with Gasteiger partial charge in [-0.15, -0.1) is 0 Å². The first-order valence-corrected chi connectivity index (χ1v) is 12.0. The van der Waals surface area contributed by atoms with E-state index in [9.17, 15) is 0 Å². The smallest absolute Gasteiger partial charge is 0.165 e. The summed E-state index contributed by atoms with van der Waals surface area (Å²) in [6, 6.07) is 20.7. The number of aromatic nitrogens is 5. The molecule has 1 aliphatic heterocycles. The fourth-order valence-electron chi connectivity index (χ4n) is 4.46. The third-order valence-corrected chi connectivity index (χ3v) is 6.24. The number of benzene rings is 2. The molecular weight excluding hydrogens is 450 g/mol. The van der Waals surface area contributed by atoms with Crippen LogP contribution in [0.3, 0.4) is 0 Å². The Bertz CT molecular complexity index is 1470. The number of anilines is 2. The topological polar surface area (TPSA) is 89.0 Å². The van der Waals surface area contributed by atoms with E-state index in [4.69, 9.17) is 14.7 Å². The third-order valence-electron chi connectivity index (χ3n) is 6.24. The van der Waals surface area contributed by atoms with Crippen molar-refractivity contribution in [3.8, 4) is 22.5 Å². The molecule has 36 heavy (non-hydrogen) atoms. The quantitative estimate of drug-likeness (QED) is 0.381. The van der Waals surface area contributed by atoms with Crippen molar-refractivity contribution in [2.24, 2.45) is 0 Å². The van der Waals surface area contributed by atoms with Crippen LogP contribution in [0.15, 0.2) is 85.6 Å². The molecule has 178 valence electrons. The van der Waals surface area contributed by atoms with Crippen LogP contribution < -0.4 is 10.2 Å². The number of nitrogens with zero attached hydrogens (tertiary/aromatic N) is 6. The number of rotatable bonds is 6. The highest BCUT2D eigenvalue weighted by molar-refractivity contribution is 6.02. The van der Waals surface area contributed by atoms with Crippen molar-refractivity contribution < 1.29 is 4.74 Å². The first-order chi connectivity index (χ1) is 17.8. The van der Waals surface area contributed by atoms with Crippen molar-refractivity contribution >= 4 is 22.4 Å². The van der Waals surface area contributed by atoms with Crippen LogP contribution >= 0.6 is 0 Å². The molecule has 1 N–H and O–H groups in total. The Balaban J connectivity index is 1.47. The molecule has 0 bridgehead atoms. The lowest BCUT2D eigenvalue weighted by atomic mass is 9.99. The molecule has 3 aromatic heterocycles. The lowest BCUT2D eigenvalue weighted by Crippen LogP contribution is -2.36. The van der Waals surface area contributed by atoms with E-state index in [0.29, 0.717) is 12.4 Å². The minimum Gasteiger partial charge on any atom is -0.378 e. The molecule has 1 fully saturated rings. The van der Waals surface area contributed by atoms with Gasteiger partial charge in [-0.1, -0.05) is 30.3 Å². The molecule has 0 aliphatic carbocycles. The number of ether oxygens (including phenoxy) is 1. The molecule has 2 aromatic carbocycles. The van der Waals surface area contributed by atoms with E-state index in [2.05, 4.69) is 55.5 Å². The molecule has 0 radical (unpaired) electrons. The van der Waals surface area contributed by atoms with E-state index in [-0.39, 0.29) is 0 Å². The molecular formula is C28H25N7O. The molecule has 1 aliphatic rings. The average molecular weight is 476 g/mol. The SMILES string of the molecule is c1ccc(CNc2nc(-c3cncnc3)nc3cccc(-c4cccc(N5CCOCC5)c4)c23)nc1. The summed E-state index contributed by atoms with van der Waals surface area (Å²) in [6.07, 6.45) is 6.76. The first kappa shape index (κ1) is 22.1. The van der Waals surface area contributed by atoms with E-state index in [1.165, 1.54) is 12.0 Å². The number of pyridine rings is 1. The highest BCUT2D eigenvalue weighted by atomic mass is 16.5. The van der Waals surface area contributed by atoms with Gasteiger partial charge >= 0.3 is 0 Å². The summed E-state index contributed by atoms with van der Waals surface area (Å²) in [5.74, 6) is 1.32. The summed E-state index contributed by atoms with van der Waals surface area (Å²) in [6.45, 7) is 3.82. The fraction of sp³-hybridized carbons (Fsp3) is 0.179. The summed E-state index contributed by atoms with van der Waals surface area (Å²) in [4.78, 5) is 24.9.